The Morgan fingerprint density at radius 1 is 1.53 bits per heavy atom. The van der Waals surface area contributed by atoms with E-state index < -0.39 is 0 Å². The molecule has 0 amide bonds. The summed E-state index contributed by atoms with van der Waals surface area (Å²) in [6, 6.07) is 8.17. The van der Waals surface area contributed by atoms with Gasteiger partial charge in [0.1, 0.15) is 0 Å². The molecule has 3 nitrogen and oxygen atoms in total. The first-order valence-electron chi connectivity index (χ1n) is 5.28. The van der Waals surface area contributed by atoms with Crippen LogP contribution in [0.1, 0.15) is 24.2 Å². The lowest BCUT2D eigenvalue weighted by atomic mass is 10.1. The maximum atomic E-state index is 9.29. The van der Waals surface area contributed by atoms with Crippen LogP contribution in [0, 0.1) is 4.77 Å². The van der Waals surface area contributed by atoms with Crippen molar-refractivity contribution < 1.29 is 5.11 Å². The Kier molecular flexibility index (Phi) is 3.81. The van der Waals surface area contributed by atoms with Crippen LogP contribution >= 0.6 is 28.1 Å². The summed E-state index contributed by atoms with van der Waals surface area (Å²) in [5, 5.41) is 9.29. The Morgan fingerprint density at radius 2 is 2.29 bits per heavy atom. The normalized spacial score (nSPS) is 12.6. The second-order valence-electron chi connectivity index (χ2n) is 3.84. The zero-order valence-electron chi connectivity index (χ0n) is 9.35. The molecule has 90 valence electrons. The molecule has 1 aromatic heterocycles. The molecule has 2 aromatic rings. The number of rotatable bonds is 3. The summed E-state index contributed by atoms with van der Waals surface area (Å²) in [6.07, 6.45) is 1.75. The molecule has 2 rings (SSSR count). The van der Waals surface area contributed by atoms with Crippen molar-refractivity contribution in [2.24, 2.45) is 0 Å². The molecule has 1 heterocycles. The molecule has 1 unspecified atom stereocenters. The van der Waals surface area contributed by atoms with Crippen molar-refractivity contribution >= 4 is 28.1 Å². The van der Waals surface area contributed by atoms with E-state index in [1.807, 2.05) is 22.8 Å². The van der Waals surface area contributed by atoms with E-state index in [2.05, 4.69) is 33.9 Å². The lowest BCUT2D eigenvalue weighted by molar-refractivity contribution is 0.269. The molecule has 0 fully saturated rings. The van der Waals surface area contributed by atoms with Crippen LogP contribution in [0.4, 0.5) is 0 Å². The van der Waals surface area contributed by atoms with Crippen molar-refractivity contribution in [2.45, 2.75) is 19.6 Å². The minimum atomic E-state index is -0.0223. The summed E-state index contributed by atoms with van der Waals surface area (Å²) in [4.78, 5) is 2.96. The first kappa shape index (κ1) is 12.5. The van der Waals surface area contributed by atoms with Crippen molar-refractivity contribution in [3.05, 3.63) is 51.0 Å². The molecule has 0 spiro atoms. The predicted octanol–water partition coefficient (Wildman–Crippen LogP) is 3.41. The number of aliphatic hydroxyl groups excluding tert-OH is 1. The molecule has 1 atom stereocenters. The van der Waals surface area contributed by atoms with Crippen LogP contribution in [0.3, 0.4) is 0 Å². The standard InChI is InChI=1S/C12H13BrN2OS/c1-8(9-3-2-4-10(13)5-9)15-11(7-16)6-14-12(15)17/h2-6,8,16H,7H2,1H3,(H,14,17). The number of hydrogen-bond donors (Lipinski definition) is 2. The van der Waals surface area contributed by atoms with Gasteiger partial charge in [-0.1, -0.05) is 28.1 Å². The number of nitrogens with one attached hydrogen (secondary N) is 1. The van der Waals surface area contributed by atoms with Gasteiger partial charge in [-0.05, 0) is 36.8 Å². The maximum absolute atomic E-state index is 9.29. The third-order valence-corrected chi connectivity index (χ3v) is 3.58. The van der Waals surface area contributed by atoms with Crippen LogP contribution in [0.5, 0.6) is 0 Å². The number of aliphatic hydroxyl groups is 1. The van der Waals surface area contributed by atoms with Gasteiger partial charge in [-0.2, -0.15) is 0 Å². The summed E-state index contributed by atoms with van der Waals surface area (Å²) in [5.74, 6) is 0. The van der Waals surface area contributed by atoms with E-state index in [4.69, 9.17) is 12.2 Å². The summed E-state index contributed by atoms with van der Waals surface area (Å²) < 4.78 is 3.59. The largest absolute Gasteiger partial charge is 0.390 e. The number of imidazole rings is 1. The molecule has 17 heavy (non-hydrogen) atoms. The molecule has 0 saturated heterocycles. The highest BCUT2D eigenvalue weighted by Gasteiger charge is 2.12. The average molecular weight is 313 g/mol. The second-order valence-corrected chi connectivity index (χ2v) is 5.15. The van der Waals surface area contributed by atoms with E-state index in [0.29, 0.717) is 4.77 Å². The van der Waals surface area contributed by atoms with E-state index in [9.17, 15) is 5.11 Å². The monoisotopic (exact) mass is 312 g/mol. The van der Waals surface area contributed by atoms with E-state index in [0.717, 1.165) is 15.7 Å². The lowest BCUT2D eigenvalue weighted by Gasteiger charge is -2.16. The highest BCUT2D eigenvalue weighted by molar-refractivity contribution is 9.10. The maximum Gasteiger partial charge on any atom is 0.177 e. The lowest BCUT2D eigenvalue weighted by Crippen LogP contribution is -2.10. The topological polar surface area (TPSA) is 41.0 Å². The summed E-state index contributed by atoms with van der Waals surface area (Å²) in [7, 11) is 0. The zero-order valence-corrected chi connectivity index (χ0v) is 11.8. The first-order valence-corrected chi connectivity index (χ1v) is 6.48. The number of aromatic amines is 1. The van der Waals surface area contributed by atoms with Crippen LogP contribution in [-0.4, -0.2) is 14.7 Å². The number of halogens is 1. The summed E-state index contributed by atoms with van der Waals surface area (Å²) >= 11 is 8.69. The molecule has 0 aliphatic heterocycles. The molecule has 0 saturated carbocycles. The van der Waals surface area contributed by atoms with Gasteiger partial charge in [0.15, 0.2) is 4.77 Å². The van der Waals surface area contributed by atoms with E-state index >= 15 is 0 Å². The van der Waals surface area contributed by atoms with Crippen LogP contribution in [0.25, 0.3) is 0 Å². The third kappa shape index (κ3) is 2.51. The smallest absolute Gasteiger partial charge is 0.177 e. The number of hydrogen-bond acceptors (Lipinski definition) is 2. The van der Waals surface area contributed by atoms with Gasteiger partial charge in [0.25, 0.3) is 0 Å². The van der Waals surface area contributed by atoms with Crippen molar-refractivity contribution in [3.8, 4) is 0 Å². The Hall–Kier alpha value is -0.910. The third-order valence-electron chi connectivity index (χ3n) is 2.77. The SMILES string of the molecule is CC(c1cccc(Br)c1)n1c(CO)c[nH]c1=S. The van der Waals surface area contributed by atoms with Gasteiger partial charge in [0.05, 0.1) is 18.3 Å². The zero-order chi connectivity index (χ0) is 12.4. The Bertz CT molecular complexity index is 576. The molecule has 5 heteroatoms. The van der Waals surface area contributed by atoms with E-state index in [1.54, 1.807) is 6.20 Å². The van der Waals surface area contributed by atoms with Crippen LogP contribution in [0.2, 0.25) is 0 Å². The fourth-order valence-electron chi connectivity index (χ4n) is 1.88. The van der Waals surface area contributed by atoms with Gasteiger partial charge >= 0.3 is 0 Å². The number of H-pyrrole nitrogens is 1. The van der Waals surface area contributed by atoms with Gasteiger partial charge in [-0.15, -0.1) is 0 Å². The highest BCUT2D eigenvalue weighted by atomic mass is 79.9. The van der Waals surface area contributed by atoms with Gasteiger partial charge in [-0.3, -0.25) is 0 Å². The minimum Gasteiger partial charge on any atom is -0.390 e. The molecule has 0 aliphatic carbocycles. The van der Waals surface area contributed by atoms with Crippen LogP contribution in [-0.2, 0) is 6.61 Å². The summed E-state index contributed by atoms with van der Waals surface area (Å²) in [5.41, 5.74) is 1.94. The van der Waals surface area contributed by atoms with Crippen LogP contribution in [0.15, 0.2) is 34.9 Å². The van der Waals surface area contributed by atoms with Crippen molar-refractivity contribution in [3.63, 3.8) is 0 Å². The Morgan fingerprint density at radius 3 is 2.94 bits per heavy atom. The number of aromatic nitrogens is 2. The fourth-order valence-corrected chi connectivity index (χ4v) is 2.63. The van der Waals surface area contributed by atoms with Gasteiger partial charge in [0, 0.05) is 10.7 Å². The van der Waals surface area contributed by atoms with Crippen LogP contribution < -0.4 is 0 Å². The minimum absolute atomic E-state index is 0.0223. The molecular formula is C12H13BrN2OS. The molecular weight excluding hydrogens is 300 g/mol. The van der Waals surface area contributed by atoms with Crippen molar-refractivity contribution in [1.82, 2.24) is 9.55 Å². The molecule has 0 bridgehead atoms. The molecule has 0 aliphatic rings. The number of nitrogens with zero attached hydrogens (tertiary/aromatic N) is 1. The predicted molar refractivity (Wildman–Crippen MR) is 73.5 cm³/mol. The van der Waals surface area contributed by atoms with Crippen molar-refractivity contribution in [1.29, 1.82) is 0 Å². The Balaban J connectivity index is 2.46. The highest BCUT2D eigenvalue weighted by Crippen LogP contribution is 2.23. The van der Waals surface area contributed by atoms with Gasteiger partial charge < -0.3 is 14.7 Å². The average Bonchev–Trinajstić information content (AvgIpc) is 2.69. The molecule has 2 N–H and O–H groups in total. The van der Waals surface area contributed by atoms with Gasteiger partial charge in [0.2, 0.25) is 0 Å². The quantitative estimate of drug-likeness (QED) is 0.853. The van der Waals surface area contributed by atoms with Gasteiger partial charge in [-0.25, -0.2) is 0 Å². The fraction of sp³-hybridized carbons (Fsp3) is 0.250. The first-order chi connectivity index (χ1) is 8.13. The van der Waals surface area contributed by atoms with E-state index in [1.165, 1.54) is 0 Å². The molecule has 0 radical (unpaired) electrons. The number of benzene rings is 1. The Labute approximate surface area is 113 Å². The molecule has 1 aromatic carbocycles. The summed E-state index contributed by atoms with van der Waals surface area (Å²) in [6.45, 7) is 2.04. The van der Waals surface area contributed by atoms with Crippen molar-refractivity contribution in [2.75, 3.05) is 0 Å². The van der Waals surface area contributed by atoms with E-state index in [-0.39, 0.29) is 12.6 Å². The second kappa shape index (κ2) is 5.16.